The number of hydrogen-bond donors (Lipinski definition) is 2. The SMILES string of the molecule is C=C(C)CNC(N)=NCc1ccc(C)cc1SC. The fourth-order valence-corrected chi connectivity index (χ4v) is 2.15. The van der Waals surface area contributed by atoms with Crippen molar-refractivity contribution < 1.29 is 0 Å². The van der Waals surface area contributed by atoms with E-state index in [9.17, 15) is 0 Å². The molecule has 1 aromatic rings. The number of nitrogens with one attached hydrogen (secondary N) is 1. The zero-order valence-electron chi connectivity index (χ0n) is 11.3. The molecule has 0 saturated heterocycles. The fourth-order valence-electron chi connectivity index (χ4n) is 1.45. The summed E-state index contributed by atoms with van der Waals surface area (Å²) in [7, 11) is 0. The first-order valence-corrected chi connectivity index (χ1v) is 7.07. The molecule has 4 heteroatoms. The topological polar surface area (TPSA) is 50.4 Å². The molecule has 0 unspecified atom stereocenters. The maximum absolute atomic E-state index is 5.78. The van der Waals surface area contributed by atoms with Crippen LogP contribution in [0.1, 0.15) is 18.1 Å². The first-order chi connectivity index (χ1) is 8.52. The number of guanidine groups is 1. The van der Waals surface area contributed by atoms with Gasteiger partial charge in [-0.05, 0) is 37.3 Å². The largest absolute Gasteiger partial charge is 0.370 e. The van der Waals surface area contributed by atoms with Crippen molar-refractivity contribution in [2.45, 2.75) is 25.3 Å². The lowest BCUT2D eigenvalue weighted by molar-refractivity contribution is 0.931. The van der Waals surface area contributed by atoms with E-state index in [-0.39, 0.29) is 0 Å². The third-order valence-corrected chi connectivity index (χ3v) is 3.25. The van der Waals surface area contributed by atoms with Crippen molar-refractivity contribution in [3.63, 3.8) is 0 Å². The summed E-state index contributed by atoms with van der Waals surface area (Å²) in [6.07, 6.45) is 2.07. The predicted molar refractivity (Wildman–Crippen MR) is 81.1 cm³/mol. The first kappa shape index (κ1) is 14.6. The van der Waals surface area contributed by atoms with Crippen LogP contribution in [0.3, 0.4) is 0 Å². The maximum atomic E-state index is 5.78. The highest BCUT2D eigenvalue weighted by molar-refractivity contribution is 7.98. The normalized spacial score (nSPS) is 11.4. The molecule has 0 spiro atoms. The fraction of sp³-hybridized carbons (Fsp3) is 0.357. The van der Waals surface area contributed by atoms with Gasteiger partial charge in [-0.25, -0.2) is 4.99 Å². The van der Waals surface area contributed by atoms with Crippen LogP contribution in [0.4, 0.5) is 0 Å². The number of nitrogens with zero attached hydrogens (tertiary/aromatic N) is 1. The summed E-state index contributed by atoms with van der Waals surface area (Å²) in [6.45, 7) is 9.12. The maximum Gasteiger partial charge on any atom is 0.189 e. The van der Waals surface area contributed by atoms with E-state index in [0.717, 1.165) is 5.57 Å². The van der Waals surface area contributed by atoms with Gasteiger partial charge in [0.15, 0.2) is 5.96 Å². The van der Waals surface area contributed by atoms with Gasteiger partial charge in [0.1, 0.15) is 0 Å². The highest BCUT2D eigenvalue weighted by atomic mass is 32.2. The number of benzene rings is 1. The Morgan fingerprint density at radius 2 is 2.22 bits per heavy atom. The van der Waals surface area contributed by atoms with Crippen molar-refractivity contribution in [3.05, 3.63) is 41.5 Å². The molecule has 0 heterocycles. The molecule has 3 N–H and O–H groups in total. The van der Waals surface area contributed by atoms with E-state index in [1.54, 1.807) is 11.8 Å². The van der Waals surface area contributed by atoms with Crippen LogP contribution in [-0.2, 0) is 6.54 Å². The summed E-state index contributed by atoms with van der Waals surface area (Å²) in [6, 6.07) is 6.38. The number of aliphatic imine (C=N–C) groups is 1. The molecule has 0 fully saturated rings. The second kappa shape index (κ2) is 7.11. The molecule has 3 nitrogen and oxygen atoms in total. The van der Waals surface area contributed by atoms with Crippen LogP contribution in [0.5, 0.6) is 0 Å². The minimum absolute atomic E-state index is 0.464. The molecule has 0 saturated carbocycles. The van der Waals surface area contributed by atoms with Crippen LogP contribution < -0.4 is 11.1 Å². The number of rotatable bonds is 5. The third-order valence-electron chi connectivity index (χ3n) is 2.43. The number of thioether (sulfide) groups is 1. The third kappa shape index (κ3) is 4.84. The number of hydrogen-bond acceptors (Lipinski definition) is 2. The minimum atomic E-state index is 0.464. The van der Waals surface area contributed by atoms with E-state index >= 15 is 0 Å². The van der Waals surface area contributed by atoms with Gasteiger partial charge in [0.25, 0.3) is 0 Å². The Labute approximate surface area is 114 Å². The summed E-state index contributed by atoms with van der Waals surface area (Å²) < 4.78 is 0. The van der Waals surface area contributed by atoms with Crippen LogP contribution in [0.15, 0.2) is 40.2 Å². The molecular weight excluding hydrogens is 242 g/mol. The summed E-state index contributed by atoms with van der Waals surface area (Å²) in [5, 5.41) is 3.02. The highest BCUT2D eigenvalue weighted by Gasteiger charge is 2.01. The number of aryl methyl sites for hydroxylation is 1. The van der Waals surface area contributed by atoms with Crippen LogP contribution in [0.25, 0.3) is 0 Å². The standard InChI is InChI=1S/C14H21N3S/c1-10(2)8-16-14(15)17-9-12-6-5-11(3)7-13(12)18-4/h5-7H,1,8-9H2,2-4H3,(H3,15,16,17). The first-order valence-electron chi connectivity index (χ1n) is 5.84. The predicted octanol–water partition coefficient (Wildman–Crippen LogP) is 2.70. The Balaban J connectivity index is 2.67. The van der Waals surface area contributed by atoms with Gasteiger partial charge in [0.05, 0.1) is 6.54 Å². The van der Waals surface area contributed by atoms with Gasteiger partial charge in [-0.3, -0.25) is 0 Å². The molecule has 98 valence electrons. The van der Waals surface area contributed by atoms with Gasteiger partial charge in [-0.2, -0.15) is 0 Å². The Morgan fingerprint density at radius 1 is 1.50 bits per heavy atom. The summed E-state index contributed by atoms with van der Waals surface area (Å²) in [5.41, 5.74) is 9.28. The zero-order valence-corrected chi connectivity index (χ0v) is 12.1. The van der Waals surface area contributed by atoms with E-state index in [2.05, 4.69) is 48.3 Å². The van der Waals surface area contributed by atoms with E-state index in [0.29, 0.717) is 19.0 Å². The van der Waals surface area contributed by atoms with Crippen molar-refractivity contribution in [1.29, 1.82) is 0 Å². The van der Waals surface area contributed by atoms with Crippen LogP contribution in [-0.4, -0.2) is 18.8 Å². The molecular formula is C14H21N3S. The highest BCUT2D eigenvalue weighted by Crippen LogP contribution is 2.22. The Morgan fingerprint density at radius 3 is 2.83 bits per heavy atom. The second-order valence-electron chi connectivity index (χ2n) is 4.33. The lowest BCUT2D eigenvalue weighted by Gasteiger charge is -2.08. The van der Waals surface area contributed by atoms with Crippen molar-refractivity contribution in [2.75, 3.05) is 12.8 Å². The smallest absolute Gasteiger partial charge is 0.189 e. The average Bonchev–Trinajstić information content (AvgIpc) is 2.34. The molecule has 1 rings (SSSR count). The van der Waals surface area contributed by atoms with Crippen molar-refractivity contribution >= 4 is 17.7 Å². The van der Waals surface area contributed by atoms with E-state index in [1.807, 2.05) is 6.92 Å². The summed E-state index contributed by atoms with van der Waals surface area (Å²) in [5.74, 6) is 0.464. The zero-order chi connectivity index (χ0) is 13.5. The number of nitrogens with two attached hydrogens (primary N) is 1. The quantitative estimate of drug-likeness (QED) is 0.372. The van der Waals surface area contributed by atoms with Crippen molar-refractivity contribution in [3.8, 4) is 0 Å². The molecule has 0 amide bonds. The molecule has 0 aliphatic heterocycles. The Kier molecular flexibility index (Phi) is 5.78. The monoisotopic (exact) mass is 263 g/mol. The summed E-state index contributed by atoms with van der Waals surface area (Å²) >= 11 is 1.73. The van der Waals surface area contributed by atoms with E-state index in [4.69, 9.17) is 5.73 Å². The molecule has 0 aliphatic carbocycles. The molecule has 0 aromatic heterocycles. The molecule has 0 atom stereocenters. The average molecular weight is 263 g/mol. The Bertz CT molecular complexity index is 452. The lowest BCUT2D eigenvalue weighted by Crippen LogP contribution is -2.32. The minimum Gasteiger partial charge on any atom is -0.370 e. The second-order valence-corrected chi connectivity index (χ2v) is 5.18. The Hall–Kier alpha value is -1.42. The molecule has 0 bridgehead atoms. The van der Waals surface area contributed by atoms with Gasteiger partial charge in [-0.1, -0.05) is 24.3 Å². The van der Waals surface area contributed by atoms with Gasteiger partial charge < -0.3 is 11.1 Å². The molecule has 0 aliphatic rings. The lowest BCUT2D eigenvalue weighted by atomic mass is 10.1. The van der Waals surface area contributed by atoms with Crippen molar-refractivity contribution in [1.82, 2.24) is 5.32 Å². The van der Waals surface area contributed by atoms with E-state index in [1.165, 1.54) is 16.0 Å². The van der Waals surface area contributed by atoms with Crippen LogP contribution in [0.2, 0.25) is 0 Å². The van der Waals surface area contributed by atoms with Crippen molar-refractivity contribution in [2.24, 2.45) is 10.7 Å². The molecule has 18 heavy (non-hydrogen) atoms. The van der Waals surface area contributed by atoms with Crippen LogP contribution in [0, 0.1) is 6.92 Å². The van der Waals surface area contributed by atoms with Gasteiger partial charge in [0.2, 0.25) is 0 Å². The van der Waals surface area contributed by atoms with Gasteiger partial charge in [-0.15, -0.1) is 11.8 Å². The van der Waals surface area contributed by atoms with Gasteiger partial charge in [0, 0.05) is 11.4 Å². The van der Waals surface area contributed by atoms with Gasteiger partial charge >= 0.3 is 0 Å². The molecule has 0 radical (unpaired) electrons. The van der Waals surface area contributed by atoms with E-state index < -0.39 is 0 Å². The van der Waals surface area contributed by atoms with Crippen LogP contribution >= 0.6 is 11.8 Å². The molecule has 1 aromatic carbocycles. The summed E-state index contributed by atoms with van der Waals surface area (Å²) in [4.78, 5) is 5.59.